The summed E-state index contributed by atoms with van der Waals surface area (Å²) in [5, 5.41) is 11.5. The Bertz CT molecular complexity index is 304. The Kier molecular flexibility index (Phi) is 4.37. The number of carboxylic acids is 1. The predicted molar refractivity (Wildman–Crippen MR) is 64.7 cm³/mol. The molecular formula is C12H22N2O3. The molecule has 0 radical (unpaired) electrons. The van der Waals surface area contributed by atoms with Crippen LogP contribution < -0.4 is 5.32 Å². The zero-order valence-electron chi connectivity index (χ0n) is 10.9. The molecule has 5 nitrogen and oxygen atoms in total. The third kappa shape index (κ3) is 3.91. The fraction of sp³-hybridized carbons (Fsp3) is 0.833. The lowest BCUT2D eigenvalue weighted by atomic mass is 10.1. The molecule has 0 aliphatic heterocycles. The number of carboxylic acid groups (broad SMARTS) is 1. The molecule has 2 N–H and O–H groups in total. The second kappa shape index (κ2) is 5.38. The first-order valence-electron chi connectivity index (χ1n) is 6.07. The van der Waals surface area contributed by atoms with Crippen LogP contribution in [-0.4, -0.2) is 41.6 Å². The number of hydrogen-bond donors (Lipinski definition) is 2. The topological polar surface area (TPSA) is 69.6 Å². The van der Waals surface area contributed by atoms with Crippen LogP contribution in [-0.2, 0) is 4.79 Å². The van der Waals surface area contributed by atoms with Gasteiger partial charge in [-0.05, 0) is 24.2 Å². The molecule has 0 saturated heterocycles. The van der Waals surface area contributed by atoms with Crippen molar-refractivity contribution in [3.05, 3.63) is 0 Å². The molecule has 2 amide bonds. The van der Waals surface area contributed by atoms with Crippen molar-refractivity contribution < 1.29 is 14.7 Å². The molecule has 0 spiro atoms. The van der Waals surface area contributed by atoms with Gasteiger partial charge in [-0.2, -0.15) is 0 Å². The van der Waals surface area contributed by atoms with E-state index in [4.69, 9.17) is 5.11 Å². The van der Waals surface area contributed by atoms with Crippen LogP contribution in [0.3, 0.4) is 0 Å². The van der Waals surface area contributed by atoms with Crippen molar-refractivity contribution >= 4 is 12.0 Å². The van der Waals surface area contributed by atoms with E-state index in [0.29, 0.717) is 18.4 Å². The molecule has 1 rings (SSSR count). The average molecular weight is 242 g/mol. The second-order valence-corrected chi connectivity index (χ2v) is 5.36. The van der Waals surface area contributed by atoms with Crippen molar-refractivity contribution in [2.75, 3.05) is 13.6 Å². The Morgan fingerprint density at radius 1 is 1.47 bits per heavy atom. The zero-order valence-corrected chi connectivity index (χ0v) is 10.9. The predicted octanol–water partition coefficient (Wildman–Crippen LogP) is 1.39. The Morgan fingerprint density at radius 2 is 2.00 bits per heavy atom. The molecule has 1 saturated carbocycles. The Morgan fingerprint density at radius 3 is 2.35 bits per heavy atom. The minimum absolute atomic E-state index is 0.121. The second-order valence-electron chi connectivity index (χ2n) is 5.36. The number of hydrogen-bond acceptors (Lipinski definition) is 2. The van der Waals surface area contributed by atoms with Crippen LogP contribution in [0.15, 0.2) is 0 Å². The number of carbonyl (C=O) groups is 2. The lowest BCUT2D eigenvalue weighted by Gasteiger charge is -2.23. The van der Waals surface area contributed by atoms with Crippen molar-refractivity contribution in [2.24, 2.45) is 17.8 Å². The van der Waals surface area contributed by atoms with E-state index in [1.54, 1.807) is 25.8 Å². The Hall–Kier alpha value is -1.26. The van der Waals surface area contributed by atoms with Gasteiger partial charge in [0, 0.05) is 13.6 Å². The van der Waals surface area contributed by atoms with Gasteiger partial charge in [0.1, 0.15) is 6.04 Å². The molecule has 0 aromatic rings. The van der Waals surface area contributed by atoms with Gasteiger partial charge >= 0.3 is 12.0 Å². The standard InChI is InChI=1S/C12H22N2O3/c1-7(2)10(11(15)16)13-12(17)14(4)6-9-5-8(9)3/h7-10H,5-6H2,1-4H3,(H,13,17)(H,15,16)/t8?,9?,10-/m1/s1. The van der Waals surface area contributed by atoms with E-state index in [1.807, 2.05) is 0 Å². The van der Waals surface area contributed by atoms with Crippen molar-refractivity contribution in [3.63, 3.8) is 0 Å². The van der Waals surface area contributed by atoms with Gasteiger partial charge in [-0.15, -0.1) is 0 Å². The number of carbonyl (C=O) groups excluding carboxylic acids is 1. The van der Waals surface area contributed by atoms with Gasteiger partial charge in [0.2, 0.25) is 0 Å². The highest BCUT2D eigenvalue weighted by Crippen LogP contribution is 2.37. The molecule has 1 aliphatic rings. The van der Waals surface area contributed by atoms with Gasteiger partial charge in [-0.25, -0.2) is 9.59 Å². The Balaban J connectivity index is 2.43. The molecule has 3 atom stereocenters. The maximum Gasteiger partial charge on any atom is 0.326 e. The molecule has 0 heterocycles. The van der Waals surface area contributed by atoms with Gasteiger partial charge in [0.25, 0.3) is 0 Å². The van der Waals surface area contributed by atoms with Crippen LogP contribution in [0.25, 0.3) is 0 Å². The van der Waals surface area contributed by atoms with E-state index in [2.05, 4.69) is 12.2 Å². The molecule has 0 aromatic heterocycles. The van der Waals surface area contributed by atoms with Crippen LogP contribution in [0.1, 0.15) is 27.2 Å². The summed E-state index contributed by atoms with van der Waals surface area (Å²) in [6, 6.07) is -1.12. The van der Waals surface area contributed by atoms with Crippen molar-refractivity contribution in [3.8, 4) is 0 Å². The maximum atomic E-state index is 11.8. The largest absolute Gasteiger partial charge is 0.480 e. The Labute approximate surface area is 102 Å². The molecule has 0 aromatic carbocycles. The summed E-state index contributed by atoms with van der Waals surface area (Å²) in [5.41, 5.74) is 0. The molecule has 0 bridgehead atoms. The van der Waals surface area contributed by atoms with Gasteiger partial charge in [-0.3, -0.25) is 0 Å². The quantitative estimate of drug-likeness (QED) is 0.765. The average Bonchev–Trinajstić information content (AvgIpc) is 2.89. The van der Waals surface area contributed by atoms with E-state index in [-0.39, 0.29) is 11.9 Å². The van der Waals surface area contributed by atoms with E-state index in [9.17, 15) is 9.59 Å². The van der Waals surface area contributed by atoms with E-state index in [0.717, 1.165) is 6.42 Å². The molecule has 5 heteroatoms. The molecule has 98 valence electrons. The molecule has 1 fully saturated rings. The lowest BCUT2D eigenvalue weighted by Crippen LogP contribution is -2.49. The molecular weight excluding hydrogens is 220 g/mol. The number of amides is 2. The summed E-state index contributed by atoms with van der Waals surface area (Å²) in [5.74, 6) is 0.157. The van der Waals surface area contributed by atoms with Crippen molar-refractivity contribution in [1.82, 2.24) is 10.2 Å². The van der Waals surface area contributed by atoms with Crippen molar-refractivity contribution in [2.45, 2.75) is 33.2 Å². The maximum absolute atomic E-state index is 11.8. The van der Waals surface area contributed by atoms with Crippen LogP contribution in [0.2, 0.25) is 0 Å². The fourth-order valence-electron chi connectivity index (χ4n) is 1.84. The fourth-order valence-corrected chi connectivity index (χ4v) is 1.84. The summed E-state index contributed by atoms with van der Waals surface area (Å²) < 4.78 is 0. The molecule has 2 unspecified atom stereocenters. The normalized spacial score (nSPS) is 24.3. The molecule has 1 aliphatic carbocycles. The first kappa shape index (κ1) is 13.8. The monoisotopic (exact) mass is 242 g/mol. The van der Waals surface area contributed by atoms with Crippen LogP contribution in [0, 0.1) is 17.8 Å². The highest BCUT2D eigenvalue weighted by Gasteiger charge is 2.34. The first-order chi connectivity index (χ1) is 7.82. The van der Waals surface area contributed by atoms with Gasteiger partial charge in [-0.1, -0.05) is 20.8 Å². The van der Waals surface area contributed by atoms with E-state index >= 15 is 0 Å². The number of urea groups is 1. The summed E-state index contributed by atoms with van der Waals surface area (Å²) in [7, 11) is 1.71. The number of aliphatic carboxylic acids is 1. The smallest absolute Gasteiger partial charge is 0.326 e. The van der Waals surface area contributed by atoms with E-state index in [1.165, 1.54) is 0 Å². The molecule has 17 heavy (non-hydrogen) atoms. The van der Waals surface area contributed by atoms with Crippen LogP contribution >= 0.6 is 0 Å². The van der Waals surface area contributed by atoms with E-state index < -0.39 is 12.0 Å². The minimum atomic E-state index is -0.985. The lowest BCUT2D eigenvalue weighted by molar-refractivity contribution is -0.140. The summed E-state index contributed by atoms with van der Waals surface area (Å²) in [4.78, 5) is 24.3. The highest BCUT2D eigenvalue weighted by atomic mass is 16.4. The van der Waals surface area contributed by atoms with Crippen LogP contribution in [0.4, 0.5) is 4.79 Å². The zero-order chi connectivity index (χ0) is 13.2. The number of nitrogens with zero attached hydrogens (tertiary/aromatic N) is 1. The summed E-state index contributed by atoms with van der Waals surface area (Å²) in [6.07, 6.45) is 1.16. The number of nitrogens with one attached hydrogen (secondary N) is 1. The van der Waals surface area contributed by atoms with Gasteiger partial charge in [0.15, 0.2) is 0 Å². The summed E-state index contributed by atoms with van der Waals surface area (Å²) >= 11 is 0. The SMILES string of the molecule is CC1CC1CN(C)C(=O)N[C@@H](C(=O)O)C(C)C. The van der Waals surface area contributed by atoms with Gasteiger partial charge < -0.3 is 15.3 Å². The number of rotatable bonds is 5. The highest BCUT2D eigenvalue weighted by molar-refractivity contribution is 5.82. The third-order valence-corrected chi connectivity index (χ3v) is 3.34. The summed E-state index contributed by atoms with van der Waals surface area (Å²) in [6.45, 7) is 6.42. The third-order valence-electron chi connectivity index (χ3n) is 3.34. The van der Waals surface area contributed by atoms with Crippen LogP contribution in [0.5, 0.6) is 0 Å². The first-order valence-corrected chi connectivity index (χ1v) is 6.07. The van der Waals surface area contributed by atoms with Gasteiger partial charge in [0.05, 0.1) is 0 Å². The van der Waals surface area contributed by atoms with Crippen molar-refractivity contribution in [1.29, 1.82) is 0 Å². The minimum Gasteiger partial charge on any atom is -0.480 e.